The summed E-state index contributed by atoms with van der Waals surface area (Å²) in [5.41, 5.74) is 0. The molecule has 0 aliphatic heterocycles. The molecule has 7 nitrogen and oxygen atoms in total. The standard InChI is InChI=1S/C16H23F7O7S/c1-3-5-6-10(4-2)7-13(12(26)27,8-11(24)25)31(28,29)30-9-14(17,18)15(19,20)16(21,22)23/h10H,3-9H2,1-2H3,(H,24,25)(H,26,27). The molecular weight excluding hydrogens is 469 g/mol. The van der Waals surface area contributed by atoms with Crippen LogP contribution < -0.4 is 0 Å². The Kier molecular flexibility index (Phi) is 9.77. The summed E-state index contributed by atoms with van der Waals surface area (Å²) in [6.07, 6.45) is -7.95. The fourth-order valence-electron chi connectivity index (χ4n) is 2.75. The van der Waals surface area contributed by atoms with Crippen molar-refractivity contribution < 1.29 is 63.1 Å². The van der Waals surface area contributed by atoms with E-state index in [2.05, 4.69) is 4.18 Å². The quantitative estimate of drug-likeness (QED) is 0.277. The maximum Gasteiger partial charge on any atom is 0.459 e. The van der Waals surface area contributed by atoms with Gasteiger partial charge in [-0.1, -0.05) is 39.5 Å². The van der Waals surface area contributed by atoms with Crippen molar-refractivity contribution in [2.24, 2.45) is 5.92 Å². The molecule has 0 aliphatic carbocycles. The van der Waals surface area contributed by atoms with Crippen LogP contribution in [0.1, 0.15) is 52.4 Å². The van der Waals surface area contributed by atoms with Crippen LogP contribution in [-0.4, -0.2) is 59.9 Å². The average molecular weight is 492 g/mol. The highest BCUT2D eigenvalue weighted by molar-refractivity contribution is 7.89. The van der Waals surface area contributed by atoms with Crippen molar-refractivity contribution in [1.29, 1.82) is 0 Å². The van der Waals surface area contributed by atoms with E-state index in [0.29, 0.717) is 12.8 Å². The molecule has 0 heterocycles. The third-order valence-corrected chi connectivity index (χ3v) is 6.55. The second-order valence-electron chi connectivity index (χ2n) is 6.98. The maximum absolute atomic E-state index is 13.5. The van der Waals surface area contributed by atoms with Crippen molar-refractivity contribution in [2.45, 2.75) is 75.1 Å². The van der Waals surface area contributed by atoms with Gasteiger partial charge in [0.1, 0.15) is 6.61 Å². The summed E-state index contributed by atoms with van der Waals surface area (Å²) in [5.74, 6) is -17.8. The normalized spacial score (nSPS) is 16.5. The van der Waals surface area contributed by atoms with E-state index in [9.17, 15) is 53.8 Å². The van der Waals surface area contributed by atoms with Crippen molar-refractivity contribution in [2.75, 3.05) is 6.61 Å². The first-order valence-electron chi connectivity index (χ1n) is 8.97. The molecule has 0 bridgehead atoms. The molecular formula is C16H23F7O7S. The van der Waals surface area contributed by atoms with Crippen LogP contribution in [0.25, 0.3) is 0 Å². The number of rotatable bonds is 14. The molecule has 0 saturated heterocycles. The summed E-state index contributed by atoms with van der Waals surface area (Å²) in [5, 5.41) is 18.4. The fraction of sp³-hybridized carbons (Fsp3) is 0.875. The zero-order valence-corrected chi connectivity index (χ0v) is 17.3. The lowest BCUT2D eigenvalue weighted by Gasteiger charge is -2.32. The first-order valence-corrected chi connectivity index (χ1v) is 10.4. The van der Waals surface area contributed by atoms with E-state index in [4.69, 9.17) is 5.11 Å². The SMILES string of the molecule is CCCCC(CC)CC(CC(=O)O)(C(=O)O)S(=O)(=O)OCC(F)(F)C(F)(F)C(F)(F)F. The van der Waals surface area contributed by atoms with E-state index >= 15 is 0 Å². The summed E-state index contributed by atoms with van der Waals surface area (Å²) in [4.78, 5) is 22.9. The molecule has 0 spiro atoms. The maximum atomic E-state index is 13.5. The molecule has 0 aromatic heterocycles. The Morgan fingerprint density at radius 2 is 1.52 bits per heavy atom. The number of halogens is 7. The van der Waals surface area contributed by atoms with E-state index in [-0.39, 0.29) is 12.8 Å². The van der Waals surface area contributed by atoms with Crippen molar-refractivity contribution in [1.82, 2.24) is 0 Å². The number of alkyl halides is 7. The number of aliphatic carboxylic acids is 2. The van der Waals surface area contributed by atoms with Crippen molar-refractivity contribution in [3.8, 4) is 0 Å². The van der Waals surface area contributed by atoms with Crippen LogP contribution in [0.15, 0.2) is 0 Å². The van der Waals surface area contributed by atoms with Gasteiger partial charge in [-0.05, 0) is 12.3 Å². The minimum Gasteiger partial charge on any atom is -0.481 e. The molecule has 0 rings (SSSR count). The fourth-order valence-corrected chi connectivity index (χ4v) is 4.23. The smallest absolute Gasteiger partial charge is 0.459 e. The Labute approximate surface area is 173 Å². The first-order chi connectivity index (χ1) is 13.8. The van der Waals surface area contributed by atoms with Crippen LogP contribution in [0, 0.1) is 5.92 Å². The molecule has 0 saturated carbocycles. The Morgan fingerprint density at radius 1 is 1.00 bits per heavy atom. The molecule has 2 unspecified atom stereocenters. The minimum atomic E-state index is -6.76. The number of unbranched alkanes of at least 4 members (excludes halogenated alkanes) is 1. The molecule has 0 aliphatic rings. The number of carboxylic acids is 2. The van der Waals surface area contributed by atoms with E-state index < -0.39 is 70.2 Å². The third-order valence-electron chi connectivity index (χ3n) is 4.68. The molecule has 2 atom stereocenters. The highest BCUT2D eigenvalue weighted by atomic mass is 32.2. The Morgan fingerprint density at radius 3 is 1.87 bits per heavy atom. The zero-order chi connectivity index (χ0) is 24.9. The number of hydrogen-bond donors (Lipinski definition) is 2. The van der Waals surface area contributed by atoms with Gasteiger partial charge in [0, 0.05) is 0 Å². The molecule has 2 N–H and O–H groups in total. The lowest BCUT2D eigenvalue weighted by atomic mass is 9.86. The van der Waals surface area contributed by atoms with Crippen LogP contribution in [0.4, 0.5) is 30.7 Å². The zero-order valence-electron chi connectivity index (χ0n) is 16.5. The van der Waals surface area contributed by atoms with Crippen molar-refractivity contribution >= 4 is 22.1 Å². The van der Waals surface area contributed by atoms with Crippen LogP contribution in [0.3, 0.4) is 0 Å². The van der Waals surface area contributed by atoms with E-state index in [0.717, 1.165) is 0 Å². The van der Waals surface area contributed by atoms with E-state index in [1.165, 1.54) is 6.92 Å². The topological polar surface area (TPSA) is 118 Å². The predicted molar refractivity (Wildman–Crippen MR) is 91.4 cm³/mol. The molecule has 0 aromatic carbocycles. The molecule has 31 heavy (non-hydrogen) atoms. The van der Waals surface area contributed by atoms with Gasteiger partial charge < -0.3 is 10.2 Å². The number of carboxylic acid groups (broad SMARTS) is 2. The van der Waals surface area contributed by atoms with Crippen LogP contribution in [0.2, 0.25) is 0 Å². The summed E-state index contributed by atoms with van der Waals surface area (Å²) >= 11 is 0. The number of carbonyl (C=O) groups is 2. The van der Waals surface area contributed by atoms with E-state index in [1.807, 2.05) is 0 Å². The Balaban J connectivity index is 6.16. The van der Waals surface area contributed by atoms with Gasteiger partial charge in [-0.3, -0.25) is 13.8 Å². The van der Waals surface area contributed by atoms with Gasteiger partial charge in [-0.2, -0.15) is 39.2 Å². The highest BCUT2D eigenvalue weighted by Gasteiger charge is 2.73. The lowest BCUT2D eigenvalue weighted by Crippen LogP contribution is -2.56. The van der Waals surface area contributed by atoms with Gasteiger partial charge in [0.15, 0.2) is 0 Å². The average Bonchev–Trinajstić information content (AvgIpc) is 2.60. The van der Waals surface area contributed by atoms with Crippen LogP contribution >= 0.6 is 0 Å². The van der Waals surface area contributed by atoms with Gasteiger partial charge in [-0.15, -0.1) is 0 Å². The van der Waals surface area contributed by atoms with Crippen LogP contribution in [-0.2, 0) is 23.9 Å². The van der Waals surface area contributed by atoms with E-state index in [1.54, 1.807) is 6.92 Å². The second kappa shape index (κ2) is 10.3. The van der Waals surface area contributed by atoms with Gasteiger partial charge in [-0.25, -0.2) is 0 Å². The summed E-state index contributed by atoms with van der Waals surface area (Å²) in [6.45, 7) is 0.221. The monoisotopic (exact) mass is 492 g/mol. The summed E-state index contributed by atoms with van der Waals surface area (Å²) < 4.78 is 115. The molecule has 184 valence electrons. The largest absolute Gasteiger partial charge is 0.481 e. The molecule has 0 radical (unpaired) electrons. The lowest BCUT2D eigenvalue weighted by molar-refractivity contribution is -0.358. The number of hydrogen-bond acceptors (Lipinski definition) is 5. The predicted octanol–water partition coefficient (Wildman–Crippen LogP) is 4.07. The summed E-state index contributed by atoms with van der Waals surface area (Å²) in [6, 6.07) is 0. The molecule has 15 heteroatoms. The highest BCUT2D eigenvalue weighted by Crippen LogP contribution is 2.47. The molecule has 0 amide bonds. The molecule has 0 fully saturated rings. The summed E-state index contributed by atoms with van der Waals surface area (Å²) in [7, 11) is -5.91. The van der Waals surface area contributed by atoms with Crippen molar-refractivity contribution in [3.63, 3.8) is 0 Å². The van der Waals surface area contributed by atoms with Gasteiger partial charge in [0.25, 0.3) is 10.1 Å². The van der Waals surface area contributed by atoms with Gasteiger partial charge in [0.2, 0.25) is 4.75 Å². The van der Waals surface area contributed by atoms with Gasteiger partial charge in [0.05, 0.1) is 6.42 Å². The second-order valence-corrected chi connectivity index (χ2v) is 8.91. The third kappa shape index (κ3) is 6.67. The van der Waals surface area contributed by atoms with Gasteiger partial charge >= 0.3 is 30.0 Å². The Hall–Kier alpha value is -1.64. The van der Waals surface area contributed by atoms with Crippen LogP contribution in [0.5, 0.6) is 0 Å². The van der Waals surface area contributed by atoms with Crippen molar-refractivity contribution in [3.05, 3.63) is 0 Å². The minimum absolute atomic E-state index is 0.145. The Bertz CT molecular complexity index is 737. The first kappa shape index (κ1) is 29.4. The molecule has 0 aromatic rings.